The summed E-state index contributed by atoms with van der Waals surface area (Å²) in [6, 6.07) is 12.3. The van der Waals surface area contributed by atoms with Gasteiger partial charge in [0.05, 0.1) is 27.4 Å². The van der Waals surface area contributed by atoms with Gasteiger partial charge in [-0.25, -0.2) is 4.98 Å². The Hall–Kier alpha value is -3.48. The second kappa shape index (κ2) is 8.47. The Bertz CT molecular complexity index is 950. The number of carbonyl (C=O) groups excluding carboxylic acids is 1. The molecule has 1 N–H and O–H groups in total. The van der Waals surface area contributed by atoms with Crippen molar-refractivity contribution in [3.63, 3.8) is 0 Å². The molecule has 1 heterocycles. The number of rotatable bonds is 7. The number of hydrogen-bond donors (Lipinski definition) is 1. The van der Waals surface area contributed by atoms with E-state index in [1.807, 2.05) is 25.1 Å². The number of oxazole rings is 1. The number of ether oxygens (including phenoxy) is 3. The number of methoxy groups -OCH3 is 3. The van der Waals surface area contributed by atoms with Gasteiger partial charge in [-0.05, 0) is 49.4 Å². The maximum atomic E-state index is 12.8. The van der Waals surface area contributed by atoms with E-state index in [1.54, 1.807) is 45.6 Å². The van der Waals surface area contributed by atoms with Crippen LogP contribution in [0.25, 0.3) is 11.3 Å². The molecule has 1 amide bonds. The van der Waals surface area contributed by atoms with E-state index >= 15 is 0 Å². The van der Waals surface area contributed by atoms with Crippen LogP contribution < -0.4 is 19.5 Å². The Labute approximate surface area is 163 Å². The molecule has 7 heteroatoms. The lowest BCUT2D eigenvalue weighted by molar-refractivity contribution is 0.0935. The summed E-state index contributed by atoms with van der Waals surface area (Å²) in [7, 11) is 4.77. The molecule has 0 spiro atoms. The van der Waals surface area contributed by atoms with Crippen molar-refractivity contribution >= 4 is 5.91 Å². The minimum Gasteiger partial charge on any atom is -0.497 e. The monoisotopic (exact) mass is 382 g/mol. The fourth-order valence-electron chi connectivity index (χ4n) is 2.88. The first-order chi connectivity index (χ1) is 13.6. The van der Waals surface area contributed by atoms with Crippen LogP contribution >= 0.6 is 0 Å². The van der Waals surface area contributed by atoms with Gasteiger partial charge in [-0.2, -0.15) is 0 Å². The van der Waals surface area contributed by atoms with Crippen LogP contribution in [0.1, 0.15) is 29.0 Å². The molecular formula is C21H22N2O5. The van der Waals surface area contributed by atoms with Crippen molar-refractivity contribution in [3.8, 4) is 28.6 Å². The SMILES string of the molecule is COc1ccc(-c2ocnc2C(=O)NC(C)c2cc(OC)ccc2OC)cc1. The van der Waals surface area contributed by atoms with Gasteiger partial charge in [0, 0.05) is 11.1 Å². The van der Waals surface area contributed by atoms with Crippen molar-refractivity contribution in [2.45, 2.75) is 13.0 Å². The van der Waals surface area contributed by atoms with Crippen molar-refractivity contribution in [1.29, 1.82) is 0 Å². The highest BCUT2D eigenvalue weighted by atomic mass is 16.5. The van der Waals surface area contributed by atoms with Crippen LogP contribution in [0, 0.1) is 0 Å². The van der Waals surface area contributed by atoms with Crippen LogP contribution in [0.2, 0.25) is 0 Å². The van der Waals surface area contributed by atoms with E-state index in [0.717, 1.165) is 11.1 Å². The molecule has 1 atom stereocenters. The molecule has 0 aliphatic rings. The van der Waals surface area contributed by atoms with E-state index in [9.17, 15) is 4.79 Å². The highest BCUT2D eigenvalue weighted by molar-refractivity contribution is 5.97. The van der Waals surface area contributed by atoms with Crippen LogP contribution in [0.15, 0.2) is 53.3 Å². The average molecular weight is 382 g/mol. The number of aromatic nitrogens is 1. The minimum absolute atomic E-state index is 0.207. The molecule has 7 nitrogen and oxygen atoms in total. The van der Waals surface area contributed by atoms with Gasteiger partial charge in [-0.15, -0.1) is 0 Å². The lowest BCUT2D eigenvalue weighted by Gasteiger charge is -2.18. The van der Waals surface area contributed by atoms with E-state index in [4.69, 9.17) is 18.6 Å². The highest BCUT2D eigenvalue weighted by Crippen LogP contribution is 2.30. The summed E-state index contributed by atoms with van der Waals surface area (Å²) in [4.78, 5) is 16.9. The standard InChI is InChI=1S/C21H22N2O5/c1-13(17-11-16(26-3)9-10-18(17)27-4)23-21(24)19-20(28-12-22-19)14-5-7-15(25-2)8-6-14/h5-13H,1-4H3,(H,23,24). The van der Waals surface area contributed by atoms with Gasteiger partial charge in [0.2, 0.25) is 0 Å². The molecule has 0 saturated carbocycles. The van der Waals surface area contributed by atoms with Gasteiger partial charge in [-0.3, -0.25) is 4.79 Å². The number of carbonyl (C=O) groups is 1. The lowest BCUT2D eigenvalue weighted by Crippen LogP contribution is -2.27. The summed E-state index contributed by atoms with van der Waals surface area (Å²) in [5.74, 6) is 2.09. The summed E-state index contributed by atoms with van der Waals surface area (Å²) >= 11 is 0. The fourth-order valence-corrected chi connectivity index (χ4v) is 2.88. The summed E-state index contributed by atoms with van der Waals surface area (Å²) in [6.07, 6.45) is 1.26. The normalized spacial score (nSPS) is 11.6. The Morgan fingerprint density at radius 2 is 1.68 bits per heavy atom. The molecule has 28 heavy (non-hydrogen) atoms. The third-order valence-electron chi connectivity index (χ3n) is 4.39. The predicted octanol–water partition coefficient (Wildman–Crippen LogP) is 3.86. The van der Waals surface area contributed by atoms with Crippen LogP contribution in [-0.2, 0) is 0 Å². The maximum absolute atomic E-state index is 12.8. The summed E-state index contributed by atoms with van der Waals surface area (Å²) < 4.78 is 21.3. The van der Waals surface area contributed by atoms with Crippen molar-refractivity contribution in [2.24, 2.45) is 0 Å². The molecule has 146 valence electrons. The first-order valence-electron chi connectivity index (χ1n) is 8.68. The largest absolute Gasteiger partial charge is 0.497 e. The Balaban J connectivity index is 1.83. The van der Waals surface area contributed by atoms with Crippen molar-refractivity contribution < 1.29 is 23.4 Å². The fraction of sp³-hybridized carbons (Fsp3) is 0.238. The smallest absolute Gasteiger partial charge is 0.274 e. The number of hydrogen-bond acceptors (Lipinski definition) is 6. The van der Waals surface area contributed by atoms with Gasteiger partial charge in [0.1, 0.15) is 17.2 Å². The van der Waals surface area contributed by atoms with E-state index < -0.39 is 0 Å². The second-order valence-corrected chi connectivity index (χ2v) is 6.06. The minimum atomic E-state index is -0.350. The van der Waals surface area contributed by atoms with Crippen molar-refractivity contribution in [3.05, 3.63) is 60.1 Å². The zero-order valence-electron chi connectivity index (χ0n) is 16.2. The van der Waals surface area contributed by atoms with E-state index in [1.165, 1.54) is 6.39 Å². The van der Waals surface area contributed by atoms with Crippen molar-refractivity contribution in [1.82, 2.24) is 10.3 Å². The topological polar surface area (TPSA) is 82.8 Å². The zero-order valence-corrected chi connectivity index (χ0v) is 16.2. The molecule has 2 aromatic carbocycles. The van der Waals surface area contributed by atoms with Gasteiger partial charge in [0.15, 0.2) is 17.8 Å². The number of nitrogens with one attached hydrogen (secondary N) is 1. The summed E-state index contributed by atoms with van der Waals surface area (Å²) in [5, 5.41) is 2.94. The first kappa shape index (κ1) is 19.3. The molecule has 0 radical (unpaired) electrons. The number of amides is 1. The third-order valence-corrected chi connectivity index (χ3v) is 4.39. The number of nitrogens with zero attached hydrogens (tertiary/aromatic N) is 1. The van der Waals surface area contributed by atoms with Gasteiger partial charge >= 0.3 is 0 Å². The van der Waals surface area contributed by atoms with E-state index in [-0.39, 0.29) is 17.6 Å². The molecule has 0 bridgehead atoms. The molecule has 0 aliphatic carbocycles. The quantitative estimate of drug-likeness (QED) is 0.668. The molecule has 0 saturated heterocycles. The predicted molar refractivity (Wildman–Crippen MR) is 104 cm³/mol. The van der Waals surface area contributed by atoms with Crippen LogP contribution in [0.3, 0.4) is 0 Å². The highest BCUT2D eigenvalue weighted by Gasteiger charge is 2.22. The summed E-state index contributed by atoms with van der Waals surface area (Å²) in [5.41, 5.74) is 1.73. The maximum Gasteiger partial charge on any atom is 0.274 e. The Kier molecular flexibility index (Phi) is 5.84. The Morgan fingerprint density at radius 1 is 1.00 bits per heavy atom. The molecule has 1 unspecified atom stereocenters. The molecule has 0 aliphatic heterocycles. The van der Waals surface area contributed by atoms with Crippen LogP contribution in [0.5, 0.6) is 17.2 Å². The molecule has 1 aromatic heterocycles. The second-order valence-electron chi connectivity index (χ2n) is 6.06. The molecule has 0 fully saturated rings. The molecular weight excluding hydrogens is 360 g/mol. The number of benzene rings is 2. The Morgan fingerprint density at radius 3 is 2.32 bits per heavy atom. The van der Waals surface area contributed by atoms with E-state index in [2.05, 4.69) is 10.3 Å². The zero-order chi connectivity index (χ0) is 20.1. The van der Waals surface area contributed by atoms with Gasteiger partial charge < -0.3 is 23.9 Å². The van der Waals surface area contributed by atoms with E-state index in [0.29, 0.717) is 23.0 Å². The van der Waals surface area contributed by atoms with Gasteiger partial charge in [0.25, 0.3) is 5.91 Å². The summed E-state index contributed by atoms with van der Waals surface area (Å²) in [6.45, 7) is 1.86. The molecule has 3 aromatic rings. The first-order valence-corrected chi connectivity index (χ1v) is 8.68. The average Bonchev–Trinajstić information content (AvgIpc) is 3.23. The lowest BCUT2D eigenvalue weighted by atomic mass is 10.1. The van der Waals surface area contributed by atoms with Crippen LogP contribution in [-0.4, -0.2) is 32.2 Å². The third kappa shape index (κ3) is 3.93. The van der Waals surface area contributed by atoms with Gasteiger partial charge in [-0.1, -0.05) is 0 Å². The molecule has 3 rings (SSSR count). The van der Waals surface area contributed by atoms with Crippen LogP contribution in [0.4, 0.5) is 0 Å². The van der Waals surface area contributed by atoms with Crippen molar-refractivity contribution in [2.75, 3.05) is 21.3 Å².